The van der Waals surface area contributed by atoms with Crippen LogP contribution in [0.1, 0.15) is 0 Å². The van der Waals surface area contributed by atoms with Crippen molar-refractivity contribution in [2.75, 3.05) is 50.0 Å². The van der Waals surface area contributed by atoms with Crippen molar-refractivity contribution < 1.29 is 14.9 Å². The second kappa shape index (κ2) is 5.76. The molecule has 1 aliphatic rings. The van der Waals surface area contributed by atoms with E-state index >= 15 is 0 Å². The highest BCUT2D eigenvalue weighted by atomic mass is 16.6. The number of nitrogen functional groups attached to an aromatic ring is 1. The molecule has 0 spiro atoms. The number of aliphatic hydroxyl groups is 1. The molecule has 0 atom stereocenters. The zero-order valence-electron chi connectivity index (χ0n) is 10.4. The third kappa shape index (κ3) is 2.88. The number of rotatable bonds is 4. The summed E-state index contributed by atoms with van der Waals surface area (Å²) in [6.07, 6.45) is 1.24. The third-order valence-electron chi connectivity index (χ3n) is 3.25. The summed E-state index contributed by atoms with van der Waals surface area (Å²) in [7, 11) is 0. The van der Waals surface area contributed by atoms with E-state index in [0.717, 1.165) is 13.1 Å². The second-order valence-electron chi connectivity index (χ2n) is 4.40. The van der Waals surface area contributed by atoms with Gasteiger partial charge in [-0.05, 0) is 0 Å². The van der Waals surface area contributed by atoms with Gasteiger partial charge in [-0.1, -0.05) is 0 Å². The lowest BCUT2D eigenvalue weighted by Gasteiger charge is -2.32. The summed E-state index contributed by atoms with van der Waals surface area (Å²) in [5.41, 5.74) is 5.32. The highest BCUT2D eigenvalue weighted by Crippen LogP contribution is 2.29. The van der Waals surface area contributed by atoms with Crippen molar-refractivity contribution in [3.63, 3.8) is 0 Å². The van der Waals surface area contributed by atoms with Crippen LogP contribution < -0.4 is 15.5 Å². The Kier molecular flexibility index (Phi) is 4.07. The van der Waals surface area contributed by atoms with Gasteiger partial charge < -0.3 is 20.6 Å². The van der Waals surface area contributed by atoms with Gasteiger partial charge in [0.15, 0.2) is 0 Å². The smallest absolute Gasteiger partial charge is 0.353 e. The minimum Gasteiger partial charge on any atom is -0.391 e. The number of hydrogen-bond acceptors (Lipinski definition) is 7. The van der Waals surface area contributed by atoms with E-state index in [1.165, 1.54) is 11.2 Å². The van der Waals surface area contributed by atoms with E-state index in [1.807, 2.05) is 4.90 Å². The van der Waals surface area contributed by atoms with Crippen LogP contribution in [0.15, 0.2) is 6.33 Å². The number of anilines is 2. The maximum absolute atomic E-state index is 11.0. The molecule has 1 aromatic heterocycles. The van der Waals surface area contributed by atoms with Gasteiger partial charge in [0.05, 0.1) is 37.7 Å². The Morgan fingerprint density at radius 1 is 1.47 bits per heavy atom. The highest BCUT2D eigenvalue weighted by molar-refractivity contribution is 5.68. The van der Waals surface area contributed by atoms with Crippen LogP contribution in [0.4, 0.5) is 17.3 Å². The average molecular weight is 269 g/mol. The zero-order valence-corrected chi connectivity index (χ0v) is 10.4. The Morgan fingerprint density at radius 3 is 2.74 bits per heavy atom. The first kappa shape index (κ1) is 13.4. The number of aromatic nitrogens is 2. The molecule has 9 nitrogen and oxygen atoms in total. The van der Waals surface area contributed by atoms with E-state index < -0.39 is 4.92 Å². The molecule has 0 radical (unpaired) electrons. The molecule has 0 amide bonds. The van der Waals surface area contributed by atoms with Gasteiger partial charge in [-0.25, -0.2) is 9.97 Å². The third-order valence-corrected chi connectivity index (χ3v) is 3.25. The monoisotopic (exact) mass is 269 g/mol. The first-order valence-corrected chi connectivity index (χ1v) is 6.07. The molecule has 19 heavy (non-hydrogen) atoms. The molecular weight excluding hydrogens is 252 g/mol. The van der Waals surface area contributed by atoms with E-state index in [9.17, 15) is 10.1 Å². The van der Waals surface area contributed by atoms with E-state index in [2.05, 4.69) is 9.97 Å². The second-order valence-corrected chi connectivity index (χ2v) is 4.40. The van der Waals surface area contributed by atoms with Crippen molar-refractivity contribution in [1.82, 2.24) is 9.97 Å². The SMILES string of the molecule is Nc1ncnc(N2CC[NH+](CCO)CC2)c1[N+](=O)[O-]. The van der Waals surface area contributed by atoms with Crippen molar-refractivity contribution in [3.8, 4) is 0 Å². The Bertz CT molecular complexity index is 461. The Labute approximate surface area is 109 Å². The fourth-order valence-corrected chi connectivity index (χ4v) is 2.23. The molecule has 2 heterocycles. The molecule has 0 bridgehead atoms. The lowest BCUT2D eigenvalue weighted by Crippen LogP contribution is -3.15. The molecule has 9 heteroatoms. The highest BCUT2D eigenvalue weighted by Gasteiger charge is 2.29. The Morgan fingerprint density at radius 2 is 2.16 bits per heavy atom. The van der Waals surface area contributed by atoms with Gasteiger partial charge in [0, 0.05) is 0 Å². The van der Waals surface area contributed by atoms with Gasteiger partial charge in [0.1, 0.15) is 12.9 Å². The number of hydrogen-bond donors (Lipinski definition) is 3. The quantitative estimate of drug-likeness (QED) is 0.413. The topological polar surface area (TPSA) is 123 Å². The number of nitrogens with one attached hydrogen (secondary N) is 1. The van der Waals surface area contributed by atoms with Crippen molar-refractivity contribution in [3.05, 3.63) is 16.4 Å². The summed E-state index contributed by atoms with van der Waals surface area (Å²) < 4.78 is 0. The summed E-state index contributed by atoms with van der Waals surface area (Å²) in [5.74, 6) is 0.167. The normalized spacial score (nSPS) is 16.6. The lowest BCUT2D eigenvalue weighted by molar-refractivity contribution is -0.900. The molecule has 1 aliphatic heterocycles. The van der Waals surface area contributed by atoms with E-state index in [1.54, 1.807) is 0 Å². The van der Waals surface area contributed by atoms with Crippen LogP contribution in [-0.4, -0.2) is 59.3 Å². The van der Waals surface area contributed by atoms with Crippen LogP contribution in [0.2, 0.25) is 0 Å². The van der Waals surface area contributed by atoms with Crippen LogP contribution in [-0.2, 0) is 0 Å². The van der Waals surface area contributed by atoms with Crippen molar-refractivity contribution in [2.45, 2.75) is 0 Å². The standard InChI is InChI=1S/C10H16N6O3/c11-9-8(16(18)19)10(13-7-12-9)15-3-1-14(2-4-15)5-6-17/h7,17H,1-6H2,(H2,11,12,13)/p+1. The fraction of sp³-hybridized carbons (Fsp3) is 0.600. The summed E-state index contributed by atoms with van der Waals surface area (Å²) in [6.45, 7) is 3.75. The summed E-state index contributed by atoms with van der Waals surface area (Å²) in [4.78, 5) is 21.3. The first-order valence-electron chi connectivity index (χ1n) is 6.07. The van der Waals surface area contributed by atoms with Crippen LogP contribution in [0, 0.1) is 10.1 Å². The molecule has 4 N–H and O–H groups in total. The van der Waals surface area contributed by atoms with Crippen molar-refractivity contribution in [2.24, 2.45) is 0 Å². The van der Waals surface area contributed by atoms with E-state index in [-0.39, 0.29) is 23.9 Å². The largest absolute Gasteiger partial charge is 0.391 e. The van der Waals surface area contributed by atoms with Gasteiger partial charge in [0.25, 0.3) is 0 Å². The number of nitrogens with two attached hydrogens (primary N) is 1. The minimum atomic E-state index is -0.544. The molecule has 1 aromatic rings. The summed E-state index contributed by atoms with van der Waals surface area (Å²) >= 11 is 0. The molecular formula is C10H17N6O3+. The summed E-state index contributed by atoms with van der Waals surface area (Å²) in [5, 5.41) is 19.9. The van der Waals surface area contributed by atoms with Gasteiger partial charge >= 0.3 is 5.69 Å². The molecule has 104 valence electrons. The van der Waals surface area contributed by atoms with Crippen LogP contribution in [0.25, 0.3) is 0 Å². The van der Waals surface area contributed by atoms with E-state index in [0.29, 0.717) is 19.6 Å². The maximum Gasteiger partial charge on any atom is 0.353 e. The van der Waals surface area contributed by atoms with Crippen molar-refractivity contribution >= 4 is 17.3 Å². The van der Waals surface area contributed by atoms with Gasteiger partial charge in [-0.2, -0.15) is 0 Å². The number of nitrogens with zero attached hydrogens (tertiary/aromatic N) is 4. The summed E-state index contributed by atoms with van der Waals surface area (Å²) in [6, 6.07) is 0. The molecule has 0 aromatic carbocycles. The number of nitro groups is 1. The number of aliphatic hydroxyl groups excluding tert-OH is 1. The van der Waals surface area contributed by atoms with Crippen LogP contribution in [0.5, 0.6) is 0 Å². The molecule has 2 rings (SSSR count). The number of piperazine rings is 1. The van der Waals surface area contributed by atoms with Gasteiger partial charge in [-0.3, -0.25) is 10.1 Å². The van der Waals surface area contributed by atoms with Gasteiger partial charge in [-0.15, -0.1) is 0 Å². The fourth-order valence-electron chi connectivity index (χ4n) is 2.23. The lowest BCUT2D eigenvalue weighted by atomic mass is 10.3. The Balaban J connectivity index is 2.15. The van der Waals surface area contributed by atoms with Crippen LogP contribution in [0.3, 0.4) is 0 Å². The maximum atomic E-state index is 11.0. The molecule has 0 aliphatic carbocycles. The van der Waals surface area contributed by atoms with E-state index in [4.69, 9.17) is 10.8 Å². The Hall–Kier alpha value is -2.00. The van der Waals surface area contributed by atoms with Crippen molar-refractivity contribution in [1.29, 1.82) is 0 Å². The predicted octanol–water partition coefficient (Wildman–Crippen LogP) is -2.34. The minimum absolute atomic E-state index is 0.111. The predicted molar refractivity (Wildman–Crippen MR) is 68.0 cm³/mol. The van der Waals surface area contributed by atoms with Crippen LogP contribution >= 0.6 is 0 Å². The average Bonchev–Trinajstić information content (AvgIpc) is 2.39. The first-order chi connectivity index (χ1) is 9.13. The molecule has 1 fully saturated rings. The zero-order chi connectivity index (χ0) is 13.8. The molecule has 0 unspecified atom stereocenters. The molecule has 1 saturated heterocycles. The molecule has 0 saturated carbocycles. The number of quaternary nitrogens is 1. The van der Waals surface area contributed by atoms with Gasteiger partial charge in [0.2, 0.25) is 11.6 Å².